The Kier molecular flexibility index (Phi) is 7.15. The van der Waals surface area contributed by atoms with Crippen LogP contribution in [-0.4, -0.2) is 77.7 Å². The normalized spacial score (nSPS) is 26.1. The number of aromatic nitrogens is 4. The maximum Gasteiger partial charge on any atom is 0.320 e. The van der Waals surface area contributed by atoms with Crippen LogP contribution in [0.3, 0.4) is 0 Å². The highest BCUT2D eigenvalue weighted by molar-refractivity contribution is 5.81. The molecule has 8 N–H and O–H groups in total. The van der Waals surface area contributed by atoms with Crippen molar-refractivity contribution in [3.8, 4) is 0 Å². The molecular formula is C18H29N7O5. The first kappa shape index (κ1) is 22.3. The SMILES string of the molecule is CCCN[C@@H](CC[C@H](N)C(=O)O)C[C@H]1O[C@@H](n2cnc3c(N)ncnc32)[C@H](O)[C@@H]1O. The van der Waals surface area contributed by atoms with E-state index in [4.69, 9.17) is 21.3 Å². The highest BCUT2D eigenvalue weighted by Gasteiger charge is 2.45. The summed E-state index contributed by atoms with van der Waals surface area (Å²) in [5.74, 6) is -0.841. The molecule has 3 heterocycles. The van der Waals surface area contributed by atoms with Gasteiger partial charge in [0.15, 0.2) is 17.7 Å². The quantitative estimate of drug-likeness (QED) is 0.274. The Labute approximate surface area is 173 Å². The Morgan fingerprint density at radius 2 is 2.07 bits per heavy atom. The summed E-state index contributed by atoms with van der Waals surface area (Å²) in [5, 5.41) is 33.5. The molecule has 2 aromatic heterocycles. The lowest BCUT2D eigenvalue weighted by Gasteiger charge is -2.24. The first-order valence-electron chi connectivity index (χ1n) is 9.99. The Hall–Kier alpha value is -2.38. The molecule has 0 aliphatic carbocycles. The first-order valence-corrected chi connectivity index (χ1v) is 9.99. The number of carbonyl (C=O) groups is 1. The zero-order chi connectivity index (χ0) is 21.8. The summed E-state index contributed by atoms with van der Waals surface area (Å²) in [7, 11) is 0. The number of carboxylic acids is 1. The van der Waals surface area contributed by atoms with Crippen molar-refractivity contribution < 1.29 is 24.9 Å². The number of ether oxygens (including phenoxy) is 1. The second kappa shape index (κ2) is 9.62. The fraction of sp³-hybridized carbons (Fsp3) is 0.667. The summed E-state index contributed by atoms with van der Waals surface area (Å²) < 4.78 is 7.50. The van der Waals surface area contributed by atoms with Gasteiger partial charge in [-0.05, 0) is 32.2 Å². The predicted molar refractivity (Wildman–Crippen MR) is 107 cm³/mol. The molecule has 0 saturated carbocycles. The molecule has 1 aliphatic rings. The lowest BCUT2D eigenvalue weighted by molar-refractivity contribution is -0.138. The molecule has 1 saturated heterocycles. The van der Waals surface area contributed by atoms with Gasteiger partial charge in [0.1, 0.15) is 30.1 Å². The van der Waals surface area contributed by atoms with Crippen molar-refractivity contribution in [3.63, 3.8) is 0 Å². The van der Waals surface area contributed by atoms with E-state index in [0.29, 0.717) is 24.0 Å². The predicted octanol–water partition coefficient (Wildman–Crippen LogP) is -1.02. The molecule has 166 valence electrons. The maximum atomic E-state index is 11.0. The molecule has 1 aliphatic heterocycles. The Morgan fingerprint density at radius 3 is 2.77 bits per heavy atom. The van der Waals surface area contributed by atoms with E-state index in [1.54, 1.807) is 0 Å². The van der Waals surface area contributed by atoms with E-state index in [9.17, 15) is 15.0 Å². The van der Waals surface area contributed by atoms with E-state index < -0.39 is 36.6 Å². The number of aliphatic hydroxyl groups is 2. The average molecular weight is 423 g/mol. The molecule has 0 radical (unpaired) electrons. The molecule has 3 rings (SSSR count). The number of aliphatic carboxylic acids is 1. The Morgan fingerprint density at radius 1 is 1.30 bits per heavy atom. The maximum absolute atomic E-state index is 11.0. The van der Waals surface area contributed by atoms with Crippen LogP contribution in [-0.2, 0) is 9.53 Å². The number of carboxylic acid groups (broad SMARTS) is 1. The minimum absolute atomic E-state index is 0.126. The number of imidazole rings is 1. The molecule has 0 bridgehead atoms. The van der Waals surface area contributed by atoms with Gasteiger partial charge in [0.25, 0.3) is 0 Å². The van der Waals surface area contributed by atoms with Crippen LogP contribution in [0, 0.1) is 0 Å². The molecule has 1 fully saturated rings. The highest BCUT2D eigenvalue weighted by atomic mass is 16.6. The number of aliphatic hydroxyl groups excluding tert-OH is 2. The molecule has 30 heavy (non-hydrogen) atoms. The molecule has 12 heteroatoms. The minimum atomic E-state index is -1.20. The van der Waals surface area contributed by atoms with Crippen molar-refractivity contribution in [1.29, 1.82) is 0 Å². The number of anilines is 1. The topological polar surface area (TPSA) is 195 Å². The molecule has 2 aromatic rings. The van der Waals surface area contributed by atoms with Gasteiger partial charge in [0.2, 0.25) is 0 Å². The van der Waals surface area contributed by atoms with Crippen molar-refractivity contribution in [2.45, 2.75) is 69.2 Å². The standard InChI is InChI=1S/C18H29N7O5/c1-2-5-21-9(3-4-10(19)18(28)29)6-11-13(26)14(27)17(30-11)25-8-24-12-15(20)22-7-23-16(12)25/h7-11,13-14,17,21,26-27H,2-6,19H2,1H3,(H,28,29)(H2,20,22,23)/t9-,10-,11+,13+,14+,17+/m0/s1. The number of nitrogens with two attached hydrogens (primary N) is 2. The van der Waals surface area contributed by atoms with E-state index in [-0.39, 0.29) is 18.3 Å². The van der Waals surface area contributed by atoms with E-state index in [0.717, 1.165) is 13.0 Å². The molecule has 0 unspecified atom stereocenters. The lowest BCUT2D eigenvalue weighted by atomic mass is 9.97. The van der Waals surface area contributed by atoms with Crippen LogP contribution in [0.4, 0.5) is 5.82 Å². The van der Waals surface area contributed by atoms with Crippen LogP contribution >= 0.6 is 0 Å². The van der Waals surface area contributed by atoms with Crippen LogP contribution < -0.4 is 16.8 Å². The first-order chi connectivity index (χ1) is 14.3. The van der Waals surface area contributed by atoms with E-state index >= 15 is 0 Å². The van der Waals surface area contributed by atoms with Gasteiger partial charge >= 0.3 is 5.97 Å². The highest BCUT2D eigenvalue weighted by Crippen LogP contribution is 2.34. The van der Waals surface area contributed by atoms with Gasteiger partial charge in [-0.15, -0.1) is 0 Å². The average Bonchev–Trinajstić information content (AvgIpc) is 3.26. The summed E-state index contributed by atoms with van der Waals surface area (Å²) >= 11 is 0. The summed E-state index contributed by atoms with van der Waals surface area (Å²) in [6, 6.07) is -1.08. The van der Waals surface area contributed by atoms with Crippen molar-refractivity contribution in [1.82, 2.24) is 24.8 Å². The third kappa shape index (κ3) is 4.68. The van der Waals surface area contributed by atoms with Crippen molar-refractivity contribution >= 4 is 23.0 Å². The summed E-state index contributed by atoms with van der Waals surface area (Å²) in [6.45, 7) is 2.75. The smallest absolute Gasteiger partial charge is 0.320 e. The number of nitrogens with one attached hydrogen (secondary N) is 1. The zero-order valence-electron chi connectivity index (χ0n) is 16.8. The van der Waals surface area contributed by atoms with Gasteiger partial charge in [-0.3, -0.25) is 9.36 Å². The number of rotatable bonds is 10. The van der Waals surface area contributed by atoms with Crippen molar-refractivity contribution in [2.24, 2.45) is 5.73 Å². The molecule has 0 spiro atoms. The molecule has 6 atom stereocenters. The second-order valence-corrected chi connectivity index (χ2v) is 7.54. The van der Waals surface area contributed by atoms with Gasteiger partial charge in [0, 0.05) is 6.04 Å². The lowest BCUT2D eigenvalue weighted by Crippen LogP contribution is -2.40. The third-order valence-electron chi connectivity index (χ3n) is 5.34. The summed E-state index contributed by atoms with van der Waals surface area (Å²) in [6.07, 6.45) is 0.899. The van der Waals surface area contributed by atoms with E-state index in [2.05, 4.69) is 20.3 Å². The second-order valence-electron chi connectivity index (χ2n) is 7.54. The van der Waals surface area contributed by atoms with Gasteiger partial charge in [-0.1, -0.05) is 6.92 Å². The monoisotopic (exact) mass is 423 g/mol. The Balaban J connectivity index is 1.72. The molecule has 0 aromatic carbocycles. The van der Waals surface area contributed by atoms with Crippen LogP contribution in [0.2, 0.25) is 0 Å². The molecule has 12 nitrogen and oxygen atoms in total. The van der Waals surface area contributed by atoms with E-state index in [1.165, 1.54) is 17.2 Å². The fourth-order valence-corrected chi connectivity index (χ4v) is 3.65. The van der Waals surface area contributed by atoms with Crippen molar-refractivity contribution in [2.75, 3.05) is 12.3 Å². The number of nitrogens with zero attached hydrogens (tertiary/aromatic N) is 4. The van der Waals surface area contributed by atoms with Crippen LogP contribution in [0.5, 0.6) is 0 Å². The minimum Gasteiger partial charge on any atom is -0.480 e. The fourth-order valence-electron chi connectivity index (χ4n) is 3.65. The van der Waals surface area contributed by atoms with Crippen LogP contribution in [0.25, 0.3) is 11.2 Å². The molecular weight excluding hydrogens is 394 g/mol. The number of nitrogen functional groups attached to an aromatic ring is 1. The van der Waals surface area contributed by atoms with Gasteiger partial charge in [-0.25, -0.2) is 15.0 Å². The van der Waals surface area contributed by atoms with Crippen LogP contribution in [0.15, 0.2) is 12.7 Å². The number of hydrogen-bond acceptors (Lipinski definition) is 10. The zero-order valence-corrected chi connectivity index (χ0v) is 16.8. The van der Waals surface area contributed by atoms with Gasteiger partial charge in [-0.2, -0.15) is 0 Å². The van der Waals surface area contributed by atoms with E-state index in [1.807, 2.05) is 6.92 Å². The third-order valence-corrected chi connectivity index (χ3v) is 5.34. The summed E-state index contributed by atoms with van der Waals surface area (Å²) in [5.41, 5.74) is 12.2. The van der Waals surface area contributed by atoms with Gasteiger partial charge in [0.05, 0.1) is 12.4 Å². The van der Waals surface area contributed by atoms with Crippen LogP contribution in [0.1, 0.15) is 38.8 Å². The largest absolute Gasteiger partial charge is 0.480 e. The van der Waals surface area contributed by atoms with Crippen molar-refractivity contribution in [3.05, 3.63) is 12.7 Å². The number of fused-ring (bicyclic) bond motifs is 1. The van der Waals surface area contributed by atoms with Gasteiger partial charge < -0.3 is 36.8 Å². The Bertz CT molecular complexity index is 863. The summed E-state index contributed by atoms with van der Waals surface area (Å²) in [4.78, 5) is 23.2. The number of hydrogen-bond donors (Lipinski definition) is 6. The molecule has 0 amide bonds.